The molecule has 5 heteroatoms. The van der Waals surface area contributed by atoms with Gasteiger partial charge in [0.15, 0.2) is 17.3 Å². The van der Waals surface area contributed by atoms with E-state index in [2.05, 4.69) is 4.74 Å². The lowest BCUT2D eigenvalue weighted by Gasteiger charge is -2.04. The molecule has 0 unspecified atom stereocenters. The van der Waals surface area contributed by atoms with Gasteiger partial charge < -0.3 is 4.74 Å². The first-order valence-corrected chi connectivity index (χ1v) is 4.03. The number of hydrogen-bond acceptors (Lipinski definition) is 3. The Morgan fingerprint density at radius 1 is 1.47 bits per heavy atom. The predicted molar refractivity (Wildman–Crippen MR) is 47.5 cm³/mol. The number of benzene rings is 1. The molecular weight excluding hydrogens is 204 g/mol. The van der Waals surface area contributed by atoms with Crippen molar-refractivity contribution in [3.8, 4) is 11.8 Å². The second kappa shape index (κ2) is 4.51. The highest BCUT2D eigenvalue weighted by atomic mass is 19.1. The maximum Gasteiger partial charge on any atom is 0.179 e. The van der Waals surface area contributed by atoms with Crippen molar-refractivity contribution in [3.63, 3.8) is 0 Å². The number of ketones is 1. The van der Waals surface area contributed by atoms with Gasteiger partial charge in [-0.1, -0.05) is 0 Å². The Balaban J connectivity index is 3.17. The molecule has 0 saturated heterocycles. The molecule has 3 nitrogen and oxygen atoms in total. The van der Waals surface area contributed by atoms with E-state index in [0.29, 0.717) is 0 Å². The minimum atomic E-state index is -0.895. The summed E-state index contributed by atoms with van der Waals surface area (Å²) in [5.41, 5.74) is -0.435. The monoisotopic (exact) mass is 211 g/mol. The van der Waals surface area contributed by atoms with Gasteiger partial charge in [-0.05, 0) is 6.07 Å². The fourth-order valence-electron chi connectivity index (χ4n) is 1.07. The number of nitrogens with zero attached hydrogens (tertiary/aromatic N) is 1. The first-order valence-electron chi connectivity index (χ1n) is 4.03. The van der Waals surface area contributed by atoms with E-state index in [1.807, 2.05) is 0 Å². The van der Waals surface area contributed by atoms with Gasteiger partial charge in [-0.3, -0.25) is 4.79 Å². The molecule has 78 valence electrons. The predicted octanol–water partition coefficient (Wildman–Crippen LogP) is 2.07. The molecule has 0 aliphatic carbocycles. The summed E-state index contributed by atoms with van der Waals surface area (Å²) >= 11 is 0. The molecule has 0 N–H and O–H groups in total. The second-order valence-corrected chi connectivity index (χ2v) is 2.72. The Hall–Kier alpha value is -1.96. The van der Waals surface area contributed by atoms with Crippen LogP contribution in [0.5, 0.6) is 5.75 Å². The second-order valence-electron chi connectivity index (χ2n) is 2.72. The highest BCUT2D eigenvalue weighted by Crippen LogP contribution is 2.21. The molecule has 0 spiro atoms. The Morgan fingerprint density at radius 3 is 2.67 bits per heavy atom. The van der Waals surface area contributed by atoms with Crippen molar-refractivity contribution in [2.24, 2.45) is 0 Å². The molecular formula is C10H7F2NO2. The number of carbonyl (C=O) groups excluding carboxylic acids is 1. The largest absolute Gasteiger partial charge is 0.494 e. The van der Waals surface area contributed by atoms with Gasteiger partial charge >= 0.3 is 0 Å². The zero-order valence-electron chi connectivity index (χ0n) is 7.88. The number of rotatable bonds is 3. The molecule has 1 aromatic carbocycles. The number of Topliss-reactive ketones (excluding diaryl/α,β-unsaturated/α-hetero) is 1. The van der Waals surface area contributed by atoms with Crippen molar-refractivity contribution < 1.29 is 18.3 Å². The van der Waals surface area contributed by atoms with E-state index >= 15 is 0 Å². The number of hydrogen-bond donors (Lipinski definition) is 0. The van der Waals surface area contributed by atoms with Crippen LogP contribution in [0.2, 0.25) is 0 Å². The van der Waals surface area contributed by atoms with E-state index in [-0.39, 0.29) is 5.75 Å². The van der Waals surface area contributed by atoms with Crippen LogP contribution in [0.25, 0.3) is 0 Å². The van der Waals surface area contributed by atoms with Crippen LogP contribution in [0, 0.1) is 23.0 Å². The van der Waals surface area contributed by atoms with Gasteiger partial charge in [0, 0.05) is 6.07 Å². The van der Waals surface area contributed by atoms with Crippen LogP contribution in [-0.4, -0.2) is 12.9 Å². The summed E-state index contributed by atoms with van der Waals surface area (Å²) in [5, 5.41) is 8.25. The summed E-state index contributed by atoms with van der Waals surface area (Å²) in [4.78, 5) is 11.1. The molecule has 0 amide bonds. The lowest BCUT2D eigenvalue weighted by molar-refractivity contribution is 0.0993. The minimum Gasteiger partial charge on any atom is -0.494 e. The molecule has 0 atom stereocenters. The number of ether oxygens (including phenoxy) is 1. The quantitative estimate of drug-likeness (QED) is 0.719. The number of halogens is 2. The van der Waals surface area contributed by atoms with Gasteiger partial charge in [-0.2, -0.15) is 5.26 Å². The molecule has 1 rings (SSSR count). The normalized spacial score (nSPS) is 9.47. The molecule has 0 bridgehead atoms. The first-order chi connectivity index (χ1) is 7.10. The lowest BCUT2D eigenvalue weighted by atomic mass is 10.1. The number of carbonyl (C=O) groups is 1. The number of nitriles is 1. The summed E-state index contributed by atoms with van der Waals surface area (Å²) in [6, 6.07) is 3.08. The summed E-state index contributed by atoms with van der Waals surface area (Å²) in [6.07, 6.45) is -0.483. The van der Waals surface area contributed by atoms with Crippen LogP contribution in [0.1, 0.15) is 16.8 Å². The van der Waals surface area contributed by atoms with Crippen LogP contribution < -0.4 is 4.74 Å². The van der Waals surface area contributed by atoms with Crippen molar-refractivity contribution in [1.29, 1.82) is 5.26 Å². The Bertz CT molecular complexity index is 438. The summed E-state index contributed by atoms with van der Waals surface area (Å²) < 4.78 is 30.8. The van der Waals surface area contributed by atoms with E-state index in [4.69, 9.17) is 5.26 Å². The summed E-state index contributed by atoms with van der Waals surface area (Å²) in [7, 11) is 1.19. The van der Waals surface area contributed by atoms with Gasteiger partial charge in [-0.15, -0.1) is 0 Å². The van der Waals surface area contributed by atoms with E-state index < -0.39 is 29.4 Å². The fourth-order valence-corrected chi connectivity index (χ4v) is 1.07. The topological polar surface area (TPSA) is 50.1 Å². The Morgan fingerprint density at radius 2 is 2.13 bits per heavy atom. The third kappa shape index (κ3) is 2.29. The average molecular weight is 211 g/mol. The van der Waals surface area contributed by atoms with Crippen molar-refractivity contribution in [1.82, 2.24) is 0 Å². The molecule has 0 aliphatic heterocycles. The highest BCUT2D eigenvalue weighted by Gasteiger charge is 2.15. The highest BCUT2D eigenvalue weighted by molar-refractivity contribution is 5.97. The smallest absolute Gasteiger partial charge is 0.179 e. The molecule has 15 heavy (non-hydrogen) atoms. The molecule has 0 aromatic heterocycles. The lowest BCUT2D eigenvalue weighted by Crippen LogP contribution is -2.03. The Labute approximate surface area is 84.9 Å². The molecule has 0 radical (unpaired) electrons. The van der Waals surface area contributed by atoms with E-state index in [0.717, 1.165) is 12.1 Å². The third-order valence-corrected chi connectivity index (χ3v) is 1.78. The van der Waals surface area contributed by atoms with Gasteiger partial charge in [0.25, 0.3) is 0 Å². The summed E-state index contributed by atoms with van der Waals surface area (Å²) in [6.45, 7) is 0. The molecule has 0 heterocycles. The van der Waals surface area contributed by atoms with Crippen LogP contribution in [-0.2, 0) is 0 Å². The van der Waals surface area contributed by atoms with Gasteiger partial charge in [-0.25, -0.2) is 8.78 Å². The SMILES string of the molecule is COc1cc(F)c(C(=O)CC#N)cc1F. The van der Waals surface area contributed by atoms with Gasteiger partial charge in [0.2, 0.25) is 0 Å². The maximum atomic E-state index is 13.2. The van der Waals surface area contributed by atoms with E-state index in [1.165, 1.54) is 7.11 Å². The van der Waals surface area contributed by atoms with Crippen molar-refractivity contribution in [2.75, 3.05) is 7.11 Å². The van der Waals surface area contributed by atoms with Crippen LogP contribution in [0.3, 0.4) is 0 Å². The minimum absolute atomic E-state index is 0.277. The zero-order chi connectivity index (χ0) is 11.4. The van der Waals surface area contributed by atoms with Gasteiger partial charge in [0.05, 0.1) is 25.2 Å². The van der Waals surface area contributed by atoms with Crippen LogP contribution in [0.4, 0.5) is 8.78 Å². The average Bonchev–Trinajstić information content (AvgIpc) is 2.21. The van der Waals surface area contributed by atoms with Crippen LogP contribution in [0.15, 0.2) is 12.1 Å². The standard InChI is InChI=1S/C10H7F2NO2/c1-15-10-5-7(11)6(4-8(10)12)9(14)2-3-13/h4-5H,2H2,1H3. The van der Waals surface area contributed by atoms with Crippen LogP contribution >= 0.6 is 0 Å². The van der Waals surface area contributed by atoms with E-state index in [1.54, 1.807) is 6.07 Å². The summed E-state index contributed by atoms with van der Waals surface area (Å²) in [5.74, 6) is -2.76. The maximum absolute atomic E-state index is 13.2. The zero-order valence-corrected chi connectivity index (χ0v) is 7.88. The van der Waals surface area contributed by atoms with Crippen molar-refractivity contribution in [2.45, 2.75) is 6.42 Å². The Kier molecular flexibility index (Phi) is 3.34. The third-order valence-electron chi connectivity index (χ3n) is 1.78. The van der Waals surface area contributed by atoms with E-state index in [9.17, 15) is 13.6 Å². The molecule has 0 saturated carbocycles. The molecule has 0 aliphatic rings. The van der Waals surface area contributed by atoms with Gasteiger partial charge in [0.1, 0.15) is 5.82 Å². The van der Waals surface area contributed by atoms with Crippen molar-refractivity contribution >= 4 is 5.78 Å². The fraction of sp³-hybridized carbons (Fsp3) is 0.200. The molecule has 0 fully saturated rings. The molecule has 1 aromatic rings. The number of methoxy groups -OCH3 is 1. The first kappa shape index (κ1) is 11.1. The van der Waals surface area contributed by atoms with Crippen molar-refractivity contribution in [3.05, 3.63) is 29.3 Å².